The average Bonchev–Trinajstić information content (AvgIpc) is 3.72. The fraction of sp³-hybridized carbons (Fsp3) is 0.229. The number of fused-ring (bicyclic) bond motifs is 4. The molecule has 2 heterocycles. The monoisotopic (exact) mass is 670 g/mol. The summed E-state index contributed by atoms with van der Waals surface area (Å²) in [5, 5.41) is 2.01. The highest BCUT2D eigenvalue weighted by molar-refractivity contribution is 6.10. The van der Waals surface area contributed by atoms with Crippen molar-refractivity contribution in [3.63, 3.8) is 0 Å². The number of rotatable bonds is 7. The second-order valence-electron chi connectivity index (χ2n) is 15.0. The third-order valence-electron chi connectivity index (χ3n) is 9.56. The quantitative estimate of drug-likeness (QED) is 0.169. The highest BCUT2D eigenvalue weighted by Crippen LogP contribution is 2.43. The Bertz CT molecular complexity index is 2690. The van der Waals surface area contributed by atoms with Gasteiger partial charge in [0.1, 0.15) is 17.0 Å². The number of nitrogens with zero attached hydrogens (tertiary/aromatic N) is 2. The zero-order valence-corrected chi connectivity index (χ0v) is 30.4. The van der Waals surface area contributed by atoms with Gasteiger partial charge in [-0.3, -0.25) is 4.57 Å². The van der Waals surface area contributed by atoms with Gasteiger partial charge in [0.2, 0.25) is 0 Å². The summed E-state index contributed by atoms with van der Waals surface area (Å²) in [6.07, 6.45) is -1.52. The first-order valence-electron chi connectivity index (χ1n) is 19.7. The lowest BCUT2D eigenvalue weighted by Gasteiger charge is -2.24. The van der Waals surface area contributed by atoms with Crippen LogP contribution < -0.4 is 0 Å². The summed E-state index contributed by atoms with van der Waals surface area (Å²) < 4.78 is 45.7. The zero-order chi connectivity index (χ0) is 39.1. The maximum atomic E-state index is 9.58. The van der Waals surface area contributed by atoms with E-state index in [1.165, 1.54) is 0 Å². The van der Waals surface area contributed by atoms with Crippen LogP contribution in [0.3, 0.4) is 0 Å². The molecule has 2 aromatic heterocycles. The van der Waals surface area contributed by atoms with Gasteiger partial charge in [0.05, 0.1) is 22.3 Å². The van der Waals surface area contributed by atoms with Gasteiger partial charge in [-0.05, 0) is 105 Å². The van der Waals surface area contributed by atoms with Gasteiger partial charge in [-0.25, -0.2) is 4.98 Å². The summed E-state index contributed by atoms with van der Waals surface area (Å²) in [7, 11) is 0. The molecule has 0 unspecified atom stereocenters. The standard InChI is InChI=1S/C48H46N2O/c1-30(2)40-26-36(34-22-20-32(21-23-34)29-48(5,6)7)27-41(31(3)4)45(40)50-43-19-12-11-18-42(43)49-47(50)39-17-13-16-38-37-25-24-35(28-44(37)51-46(38)39)33-14-9-8-10-15-33/h8-28,30-31H,29H2,1-7H3/i29D2,30D,31D. The molecule has 0 fully saturated rings. The van der Waals surface area contributed by atoms with Gasteiger partial charge in [-0.15, -0.1) is 0 Å². The second kappa shape index (κ2) is 12.7. The predicted molar refractivity (Wildman–Crippen MR) is 216 cm³/mol. The van der Waals surface area contributed by atoms with Crippen molar-refractivity contribution in [3.8, 4) is 39.3 Å². The maximum Gasteiger partial charge on any atom is 0.149 e. The molecule has 0 spiro atoms. The highest BCUT2D eigenvalue weighted by Gasteiger charge is 2.25. The first-order chi connectivity index (χ1) is 25.9. The van der Waals surface area contributed by atoms with Crippen LogP contribution in [0.25, 0.3) is 72.3 Å². The molecule has 3 heteroatoms. The van der Waals surface area contributed by atoms with Crippen molar-refractivity contribution in [3.05, 3.63) is 144 Å². The molecule has 0 radical (unpaired) electrons. The molecule has 8 aromatic rings. The minimum absolute atomic E-state index is 0.579. The van der Waals surface area contributed by atoms with Crippen LogP contribution in [0.2, 0.25) is 0 Å². The van der Waals surface area contributed by atoms with E-state index in [-0.39, 0.29) is 0 Å². The molecule has 0 aliphatic rings. The van der Waals surface area contributed by atoms with Crippen molar-refractivity contribution in [2.75, 3.05) is 0 Å². The van der Waals surface area contributed by atoms with Crippen LogP contribution in [-0.2, 0) is 6.37 Å². The Morgan fingerprint density at radius 1 is 0.667 bits per heavy atom. The molecule has 0 aliphatic heterocycles. The zero-order valence-electron chi connectivity index (χ0n) is 34.4. The number of hydrogen-bond acceptors (Lipinski definition) is 2. The van der Waals surface area contributed by atoms with E-state index in [0.29, 0.717) is 11.4 Å². The molecule has 0 N–H and O–H groups in total. The summed E-state index contributed by atoms with van der Waals surface area (Å²) in [5.41, 5.74) is 10.3. The van der Waals surface area contributed by atoms with Gasteiger partial charge in [0, 0.05) is 16.3 Å². The van der Waals surface area contributed by atoms with E-state index in [0.717, 1.165) is 77.6 Å². The SMILES string of the molecule is [2H]C(C)(C)c1cc(-c2ccc(C([2H])([2H])C(C)(C)C)cc2)cc(C([2H])(C)C)c1-n1c(-c2cccc3c2oc2cc(-c4ccccc4)ccc23)nc2ccccc21. The third-order valence-corrected chi connectivity index (χ3v) is 9.56. The molecular weight excluding hydrogens is 621 g/mol. The van der Waals surface area contributed by atoms with Crippen LogP contribution in [0.5, 0.6) is 0 Å². The number of aromatic nitrogens is 2. The Morgan fingerprint density at radius 2 is 1.31 bits per heavy atom. The lowest BCUT2D eigenvalue weighted by Crippen LogP contribution is -2.10. The molecule has 0 bridgehead atoms. The maximum absolute atomic E-state index is 9.58. The molecule has 0 saturated carbocycles. The molecule has 0 saturated heterocycles. The Kier molecular flexibility index (Phi) is 7.06. The van der Waals surface area contributed by atoms with Gasteiger partial charge in [0.15, 0.2) is 0 Å². The van der Waals surface area contributed by atoms with Gasteiger partial charge >= 0.3 is 0 Å². The van der Waals surface area contributed by atoms with E-state index in [9.17, 15) is 2.74 Å². The van der Waals surface area contributed by atoms with Crippen LogP contribution in [0.1, 0.15) is 82.4 Å². The van der Waals surface area contributed by atoms with Crippen LogP contribution in [0, 0.1) is 5.41 Å². The van der Waals surface area contributed by atoms with Crippen molar-refractivity contribution in [2.45, 2.75) is 66.6 Å². The fourth-order valence-corrected chi connectivity index (χ4v) is 7.20. The molecular formula is C48H46N2O. The van der Waals surface area contributed by atoms with Crippen molar-refractivity contribution in [1.82, 2.24) is 9.55 Å². The predicted octanol–water partition coefficient (Wildman–Crippen LogP) is 13.8. The van der Waals surface area contributed by atoms with Crippen LogP contribution in [-0.4, -0.2) is 9.55 Å². The van der Waals surface area contributed by atoms with Crippen LogP contribution in [0.15, 0.2) is 132 Å². The summed E-state index contributed by atoms with van der Waals surface area (Å²) in [6.45, 7) is 13.3. The number of furan rings is 1. The Balaban J connectivity index is 1.38. The van der Waals surface area contributed by atoms with Crippen molar-refractivity contribution < 1.29 is 9.90 Å². The molecule has 51 heavy (non-hydrogen) atoms. The smallest absolute Gasteiger partial charge is 0.149 e. The number of benzene rings is 6. The molecule has 0 amide bonds. The second-order valence-corrected chi connectivity index (χ2v) is 15.0. The van der Waals surface area contributed by atoms with Crippen molar-refractivity contribution >= 4 is 33.0 Å². The lowest BCUT2D eigenvalue weighted by atomic mass is 9.86. The van der Waals surface area contributed by atoms with Crippen LogP contribution in [0.4, 0.5) is 0 Å². The third kappa shape index (κ3) is 6.05. The normalized spacial score (nSPS) is 14.1. The van der Waals surface area contributed by atoms with E-state index >= 15 is 0 Å². The van der Waals surface area contributed by atoms with Gasteiger partial charge in [-0.1, -0.05) is 133 Å². The van der Waals surface area contributed by atoms with Crippen molar-refractivity contribution in [2.24, 2.45) is 5.41 Å². The fourth-order valence-electron chi connectivity index (χ4n) is 7.20. The van der Waals surface area contributed by atoms with E-state index in [4.69, 9.17) is 12.1 Å². The van der Waals surface area contributed by atoms with E-state index in [1.54, 1.807) is 0 Å². The summed E-state index contributed by atoms with van der Waals surface area (Å²) in [5.74, 6) is -1.47. The molecule has 254 valence electrons. The van der Waals surface area contributed by atoms with E-state index in [1.807, 2.05) is 127 Å². The number of hydrogen-bond donors (Lipinski definition) is 0. The Labute approximate surface area is 307 Å². The topological polar surface area (TPSA) is 31.0 Å². The van der Waals surface area contributed by atoms with Gasteiger partial charge in [-0.2, -0.15) is 0 Å². The average molecular weight is 671 g/mol. The Morgan fingerprint density at radius 3 is 2.00 bits per heavy atom. The molecule has 8 rings (SSSR count). The van der Waals surface area contributed by atoms with Gasteiger partial charge < -0.3 is 4.42 Å². The minimum Gasteiger partial charge on any atom is -0.455 e. The molecule has 3 nitrogen and oxygen atoms in total. The van der Waals surface area contributed by atoms with Crippen LogP contribution >= 0.6 is 0 Å². The summed E-state index contributed by atoms with van der Waals surface area (Å²) in [4.78, 5) is 5.27. The molecule has 0 atom stereocenters. The Hall–Kier alpha value is -5.41. The van der Waals surface area contributed by atoms with E-state index < -0.39 is 23.6 Å². The summed E-state index contributed by atoms with van der Waals surface area (Å²) >= 11 is 0. The van der Waals surface area contributed by atoms with Gasteiger partial charge in [0.25, 0.3) is 0 Å². The largest absolute Gasteiger partial charge is 0.455 e. The first kappa shape index (κ1) is 28.3. The first-order valence-corrected chi connectivity index (χ1v) is 17.7. The lowest BCUT2D eigenvalue weighted by molar-refractivity contribution is 0.411. The molecule has 6 aromatic carbocycles. The number of para-hydroxylation sites is 3. The highest BCUT2D eigenvalue weighted by atomic mass is 16.3. The summed E-state index contributed by atoms with van der Waals surface area (Å²) in [6, 6.07) is 42.6. The van der Waals surface area contributed by atoms with Crippen molar-refractivity contribution in [1.29, 1.82) is 0 Å². The molecule has 0 aliphatic carbocycles. The number of imidazole rings is 1. The van der Waals surface area contributed by atoms with E-state index in [2.05, 4.69) is 53.1 Å². The minimum atomic E-state index is -1.52.